The number of ether oxygens (including phenoxy) is 1. The van der Waals surface area contributed by atoms with Gasteiger partial charge in [-0.15, -0.1) is 0 Å². The zero-order chi connectivity index (χ0) is 13.7. The fraction of sp³-hybridized carbons (Fsp3) is 0.357. The maximum absolute atomic E-state index is 8.51. The van der Waals surface area contributed by atoms with Gasteiger partial charge in [0, 0.05) is 12.3 Å². The average Bonchev–Trinajstić information content (AvgIpc) is 2.81. The van der Waals surface area contributed by atoms with E-state index in [4.69, 9.17) is 10.00 Å². The summed E-state index contributed by atoms with van der Waals surface area (Å²) in [4.78, 5) is 11.5. The molecule has 98 valence electrons. The van der Waals surface area contributed by atoms with Gasteiger partial charge in [-0.2, -0.15) is 5.26 Å². The molecule has 2 rings (SSSR count). The third-order valence-electron chi connectivity index (χ3n) is 2.60. The molecule has 5 nitrogen and oxygen atoms in total. The Hall–Kier alpha value is -2.35. The Balaban J connectivity index is 2.32. The third-order valence-corrected chi connectivity index (χ3v) is 2.60. The number of fused-ring (bicyclic) bond motifs is 1. The highest BCUT2D eigenvalue weighted by atomic mass is 16.5. The van der Waals surface area contributed by atoms with Gasteiger partial charge < -0.3 is 9.72 Å². The molecule has 0 aliphatic carbocycles. The summed E-state index contributed by atoms with van der Waals surface area (Å²) in [5.74, 6) is 1.03. The molecule has 2 heterocycles. The topological polar surface area (TPSA) is 74.6 Å². The first-order chi connectivity index (χ1) is 9.22. The van der Waals surface area contributed by atoms with E-state index < -0.39 is 0 Å². The van der Waals surface area contributed by atoms with Gasteiger partial charge in [0.25, 0.3) is 0 Å². The van der Waals surface area contributed by atoms with E-state index >= 15 is 0 Å². The van der Waals surface area contributed by atoms with Crippen molar-refractivity contribution in [3.63, 3.8) is 0 Å². The largest absolute Gasteiger partial charge is 0.477 e. The number of nitrogens with zero attached hydrogens (tertiary/aromatic N) is 3. The molecule has 5 heteroatoms. The molecule has 2 aromatic heterocycles. The number of aromatic amines is 1. The van der Waals surface area contributed by atoms with Gasteiger partial charge >= 0.3 is 0 Å². The third kappa shape index (κ3) is 3.10. The van der Waals surface area contributed by atoms with Crippen molar-refractivity contribution in [1.29, 1.82) is 5.26 Å². The Morgan fingerprint density at radius 2 is 2.32 bits per heavy atom. The van der Waals surface area contributed by atoms with Gasteiger partial charge in [-0.3, -0.25) is 0 Å². The fourth-order valence-corrected chi connectivity index (χ4v) is 1.75. The molecule has 0 bridgehead atoms. The number of hydrogen-bond donors (Lipinski definition) is 1. The molecule has 0 fully saturated rings. The summed E-state index contributed by atoms with van der Waals surface area (Å²) in [5, 5.41) is 9.41. The minimum Gasteiger partial charge on any atom is -0.477 e. The fourth-order valence-electron chi connectivity index (χ4n) is 1.75. The van der Waals surface area contributed by atoms with E-state index in [0.29, 0.717) is 24.8 Å². The Labute approximate surface area is 111 Å². The van der Waals surface area contributed by atoms with Crippen molar-refractivity contribution in [3.05, 3.63) is 30.2 Å². The highest BCUT2D eigenvalue weighted by Crippen LogP contribution is 2.26. The lowest BCUT2D eigenvalue weighted by Gasteiger charge is -2.08. The SMILES string of the molecule is CC(C)COc1ncnc2[nH]cc(CC=CC#N)c12. The maximum Gasteiger partial charge on any atom is 0.226 e. The van der Waals surface area contributed by atoms with Crippen molar-refractivity contribution in [3.8, 4) is 11.9 Å². The van der Waals surface area contributed by atoms with Gasteiger partial charge in [0.05, 0.1) is 18.1 Å². The predicted octanol–water partition coefficient (Wildman–Crippen LogP) is 2.61. The molecule has 0 atom stereocenters. The van der Waals surface area contributed by atoms with Crippen molar-refractivity contribution < 1.29 is 4.74 Å². The lowest BCUT2D eigenvalue weighted by atomic mass is 10.1. The number of nitrogens with one attached hydrogen (secondary N) is 1. The summed E-state index contributed by atoms with van der Waals surface area (Å²) in [6.07, 6.45) is 7.30. The van der Waals surface area contributed by atoms with Crippen LogP contribution in [-0.2, 0) is 6.42 Å². The number of allylic oxidation sites excluding steroid dienone is 2. The summed E-state index contributed by atoms with van der Waals surface area (Å²) in [6, 6.07) is 1.98. The number of H-pyrrole nitrogens is 1. The van der Waals surface area contributed by atoms with Gasteiger partial charge in [0.1, 0.15) is 12.0 Å². The lowest BCUT2D eigenvalue weighted by molar-refractivity contribution is 0.264. The van der Waals surface area contributed by atoms with Crippen molar-refractivity contribution in [1.82, 2.24) is 15.0 Å². The number of rotatable bonds is 5. The van der Waals surface area contributed by atoms with Crippen LogP contribution in [0.15, 0.2) is 24.7 Å². The first-order valence-electron chi connectivity index (χ1n) is 6.20. The molecule has 2 aromatic rings. The lowest BCUT2D eigenvalue weighted by Crippen LogP contribution is -2.06. The van der Waals surface area contributed by atoms with E-state index in [1.165, 1.54) is 12.4 Å². The molecule has 0 aliphatic rings. The van der Waals surface area contributed by atoms with Crippen LogP contribution in [0.5, 0.6) is 5.88 Å². The Bertz CT molecular complexity index is 622. The predicted molar refractivity (Wildman–Crippen MR) is 72.7 cm³/mol. The summed E-state index contributed by atoms with van der Waals surface area (Å²) >= 11 is 0. The number of hydrogen-bond acceptors (Lipinski definition) is 4. The molecule has 0 radical (unpaired) electrons. The Morgan fingerprint density at radius 3 is 3.05 bits per heavy atom. The number of nitriles is 1. The minimum absolute atomic E-state index is 0.436. The molecule has 0 saturated heterocycles. The quantitative estimate of drug-likeness (QED) is 0.834. The Morgan fingerprint density at radius 1 is 1.47 bits per heavy atom. The van der Waals surface area contributed by atoms with Crippen LogP contribution < -0.4 is 4.74 Å². The molecule has 19 heavy (non-hydrogen) atoms. The van der Waals surface area contributed by atoms with E-state index in [-0.39, 0.29) is 0 Å². The second kappa shape index (κ2) is 6.01. The zero-order valence-corrected chi connectivity index (χ0v) is 11.1. The first-order valence-corrected chi connectivity index (χ1v) is 6.20. The van der Waals surface area contributed by atoms with Gasteiger partial charge in [-0.25, -0.2) is 9.97 Å². The molecular formula is C14H16N4O. The molecular weight excluding hydrogens is 240 g/mol. The smallest absolute Gasteiger partial charge is 0.226 e. The standard InChI is InChI=1S/C14H16N4O/c1-10(2)8-19-14-12-11(5-3-4-6-15)7-16-13(12)17-9-18-14/h3-4,7,9-10H,5,8H2,1-2H3,(H,16,17,18). The maximum atomic E-state index is 8.51. The second-order valence-electron chi connectivity index (χ2n) is 4.66. The first kappa shape index (κ1) is 13.1. The van der Waals surface area contributed by atoms with Crippen LogP contribution >= 0.6 is 0 Å². The van der Waals surface area contributed by atoms with Crippen LogP contribution in [0.25, 0.3) is 11.0 Å². The van der Waals surface area contributed by atoms with Crippen molar-refractivity contribution in [2.24, 2.45) is 5.92 Å². The van der Waals surface area contributed by atoms with Gasteiger partial charge in [0.15, 0.2) is 0 Å². The molecule has 0 saturated carbocycles. The second-order valence-corrected chi connectivity index (χ2v) is 4.66. The van der Waals surface area contributed by atoms with Crippen LogP contribution in [0.2, 0.25) is 0 Å². The molecule has 0 aliphatic heterocycles. The van der Waals surface area contributed by atoms with Crippen molar-refractivity contribution >= 4 is 11.0 Å². The van der Waals surface area contributed by atoms with Crippen LogP contribution in [0.1, 0.15) is 19.4 Å². The number of aromatic nitrogens is 3. The zero-order valence-electron chi connectivity index (χ0n) is 11.1. The van der Waals surface area contributed by atoms with E-state index in [0.717, 1.165) is 16.6 Å². The van der Waals surface area contributed by atoms with Crippen LogP contribution in [0.3, 0.4) is 0 Å². The van der Waals surface area contributed by atoms with Crippen LogP contribution in [0.4, 0.5) is 0 Å². The summed E-state index contributed by atoms with van der Waals surface area (Å²) < 4.78 is 5.73. The van der Waals surface area contributed by atoms with E-state index in [1.807, 2.05) is 18.3 Å². The van der Waals surface area contributed by atoms with Crippen LogP contribution in [-0.4, -0.2) is 21.6 Å². The molecule has 1 N–H and O–H groups in total. The van der Waals surface area contributed by atoms with E-state index in [1.54, 1.807) is 0 Å². The minimum atomic E-state index is 0.436. The molecule has 0 unspecified atom stereocenters. The van der Waals surface area contributed by atoms with Crippen molar-refractivity contribution in [2.75, 3.05) is 6.61 Å². The molecule has 0 spiro atoms. The van der Waals surface area contributed by atoms with Crippen molar-refractivity contribution in [2.45, 2.75) is 20.3 Å². The Kier molecular flexibility index (Phi) is 4.14. The molecule has 0 aromatic carbocycles. The van der Waals surface area contributed by atoms with Gasteiger partial charge in [0.2, 0.25) is 5.88 Å². The van der Waals surface area contributed by atoms with E-state index in [9.17, 15) is 0 Å². The molecule has 0 amide bonds. The summed E-state index contributed by atoms with van der Waals surface area (Å²) in [5.41, 5.74) is 1.79. The monoisotopic (exact) mass is 256 g/mol. The van der Waals surface area contributed by atoms with E-state index in [2.05, 4.69) is 28.8 Å². The highest BCUT2D eigenvalue weighted by molar-refractivity contribution is 5.84. The summed E-state index contributed by atoms with van der Waals surface area (Å²) in [7, 11) is 0. The summed E-state index contributed by atoms with van der Waals surface area (Å²) in [6.45, 7) is 4.79. The normalized spacial score (nSPS) is 11.3. The highest BCUT2D eigenvalue weighted by Gasteiger charge is 2.11. The average molecular weight is 256 g/mol. The van der Waals surface area contributed by atoms with Crippen LogP contribution in [0, 0.1) is 17.2 Å². The van der Waals surface area contributed by atoms with Gasteiger partial charge in [-0.05, 0) is 17.9 Å². The van der Waals surface area contributed by atoms with Gasteiger partial charge in [-0.1, -0.05) is 19.9 Å².